The van der Waals surface area contributed by atoms with E-state index in [4.69, 9.17) is 0 Å². The molecule has 0 radical (unpaired) electrons. The molecular formula is C25H28N6OS. The van der Waals surface area contributed by atoms with Gasteiger partial charge in [0.1, 0.15) is 5.54 Å². The van der Waals surface area contributed by atoms with Gasteiger partial charge in [0.2, 0.25) is 5.91 Å². The quantitative estimate of drug-likeness (QED) is 0.505. The number of carbonyl (C=O) groups is 1. The summed E-state index contributed by atoms with van der Waals surface area (Å²) in [6, 6.07) is 14.3. The minimum atomic E-state index is -0.741. The first kappa shape index (κ1) is 23.0. The lowest BCUT2D eigenvalue weighted by molar-refractivity contribution is -0.120. The van der Waals surface area contributed by atoms with Crippen molar-refractivity contribution < 1.29 is 4.79 Å². The van der Waals surface area contributed by atoms with Crippen LogP contribution in [0.15, 0.2) is 53.9 Å². The summed E-state index contributed by atoms with van der Waals surface area (Å²) >= 11 is 1.33. The second-order valence-corrected chi connectivity index (χ2v) is 9.63. The smallest absolute Gasteiger partial charge is 0.231 e. The first-order valence-electron chi connectivity index (χ1n) is 11.3. The number of hydrogen-bond donors (Lipinski definition) is 1. The third-order valence-corrected chi connectivity index (χ3v) is 6.91. The number of thioether (sulfide) groups is 1. The third kappa shape index (κ3) is 5.09. The number of nitriles is 1. The maximum absolute atomic E-state index is 12.8. The first-order valence-corrected chi connectivity index (χ1v) is 12.3. The Bertz CT molecular complexity index is 1150. The highest BCUT2D eigenvalue weighted by Crippen LogP contribution is 2.32. The molecule has 0 saturated heterocycles. The molecule has 1 aromatic carbocycles. The molecule has 0 atom stereocenters. The van der Waals surface area contributed by atoms with Crippen LogP contribution < -0.4 is 5.32 Å². The van der Waals surface area contributed by atoms with Crippen LogP contribution in [0, 0.1) is 11.3 Å². The maximum Gasteiger partial charge on any atom is 0.231 e. The molecule has 3 aromatic rings. The van der Waals surface area contributed by atoms with Crippen molar-refractivity contribution in [2.24, 2.45) is 0 Å². The van der Waals surface area contributed by atoms with E-state index in [2.05, 4.69) is 52.5 Å². The van der Waals surface area contributed by atoms with Crippen LogP contribution in [0.1, 0.15) is 57.4 Å². The predicted octanol–water partition coefficient (Wildman–Crippen LogP) is 4.89. The molecule has 4 rings (SSSR count). The van der Waals surface area contributed by atoms with E-state index in [0.717, 1.165) is 30.5 Å². The fourth-order valence-electron chi connectivity index (χ4n) is 4.30. The van der Waals surface area contributed by atoms with Crippen LogP contribution in [0.3, 0.4) is 0 Å². The minimum absolute atomic E-state index is 0.155. The number of amides is 1. The van der Waals surface area contributed by atoms with Gasteiger partial charge in [-0.3, -0.25) is 14.3 Å². The number of benzene rings is 1. The second kappa shape index (κ2) is 10.2. The van der Waals surface area contributed by atoms with E-state index in [9.17, 15) is 10.1 Å². The largest absolute Gasteiger partial charge is 0.337 e. The molecule has 170 valence electrons. The molecule has 33 heavy (non-hydrogen) atoms. The molecule has 1 aliphatic rings. The highest BCUT2D eigenvalue weighted by atomic mass is 32.2. The normalized spacial score (nSPS) is 15.2. The van der Waals surface area contributed by atoms with Gasteiger partial charge in [0.05, 0.1) is 17.5 Å². The zero-order chi connectivity index (χ0) is 23.3. The van der Waals surface area contributed by atoms with Crippen LogP contribution in [0.2, 0.25) is 0 Å². The molecule has 7 nitrogen and oxygen atoms in total. The Morgan fingerprint density at radius 2 is 1.97 bits per heavy atom. The summed E-state index contributed by atoms with van der Waals surface area (Å²) in [7, 11) is 0. The fraction of sp³-hybridized carbons (Fsp3) is 0.400. The number of hydrogen-bond acceptors (Lipinski definition) is 6. The van der Waals surface area contributed by atoms with E-state index in [0.29, 0.717) is 29.7 Å². The van der Waals surface area contributed by atoms with Gasteiger partial charge in [-0.15, -0.1) is 10.2 Å². The summed E-state index contributed by atoms with van der Waals surface area (Å²) in [6.07, 6.45) is 7.96. The van der Waals surface area contributed by atoms with E-state index >= 15 is 0 Å². The van der Waals surface area contributed by atoms with Crippen molar-refractivity contribution >= 4 is 17.7 Å². The third-order valence-electron chi connectivity index (χ3n) is 5.98. The van der Waals surface area contributed by atoms with Gasteiger partial charge >= 0.3 is 0 Å². The number of para-hydroxylation sites is 1. The van der Waals surface area contributed by atoms with Crippen molar-refractivity contribution in [1.82, 2.24) is 25.1 Å². The van der Waals surface area contributed by atoms with Gasteiger partial charge < -0.3 is 5.32 Å². The van der Waals surface area contributed by atoms with E-state index < -0.39 is 5.54 Å². The molecule has 0 bridgehead atoms. The van der Waals surface area contributed by atoms with Gasteiger partial charge in [0.15, 0.2) is 11.0 Å². The lowest BCUT2D eigenvalue weighted by Crippen LogP contribution is -2.49. The van der Waals surface area contributed by atoms with Crippen LogP contribution >= 0.6 is 11.8 Å². The molecule has 1 fully saturated rings. The van der Waals surface area contributed by atoms with Crippen LogP contribution in [0.5, 0.6) is 0 Å². The maximum atomic E-state index is 12.8. The van der Waals surface area contributed by atoms with Crippen molar-refractivity contribution in [3.05, 3.63) is 54.4 Å². The lowest BCUT2D eigenvalue weighted by Gasteiger charge is -2.31. The summed E-state index contributed by atoms with van der Waals surface area (Å²) in [5.41, 5.74) is 2.26. The molecule has 1 saturated carbocycles. The Labute approximate surface area is 198 Å². The van der Waals surface area contributed by atoms with Crippen molar-refractivity contribution in [1.29, 1.82) is 5.26 Å². The minimum Gasteiger partial charge on any atom is -0.337 e. The van der Waals surface area contributed by atoms with Gasteiger partial charge in [-0.05, 0) is 42.5 Å². The second-order valence-electron chi connectivity index (χ2n) is 8.69. The Kier molecular flexibility index (Phi) is 7.09. The van der Waals surface area contributed by atoms with Gasteiger partial charge in [-0.1, -0.05) is 63.1 Å². The molecule has 0 spiro atoms. The standard InChI is InChI=1S/C25H28N6OS/c1-18(2)20-10-4-5-11-21(20)31-23(19-9-8-14-27-15-19)29-30-24(31)33-16-22(32)28-25(17-26)12-6-3-7-13-25/h4-5,8-11,14-15,18H,3,6-7,12-13,16H2,1-2H3,(H,28,32). The van der Waals surface area contributed by atoms with Crippen molar-refractivity contribution in [3.63, 3.8) is 0 Å². The highest BCUT2D eigenvalue weighted by molar-refractivity contribution is 7.99. The number of nitrogens with one attached hydrogen (secondary N) is 1. The van der Waals surface area contributed by atoms with Gasteiger partial charge in [0.25, 0.3) is 0 Å². The molecule has 0 aliphatic heterocycles. The summed E-state index contributed by atoms with van der Waals surface area (Å²) < 4.78 is 2.00. The van der Waals surface area contributed by atoms with E-state index in [1.165, 1.54) is 17.3 Å². The van der Waals surface area contributed by atoms with Gasteiger partial charge in [-0.2, -0.15) is 5.26 Å². The summed E-state index contributed by atoms with van der Waals surface area (Å²) in [6.45, 7) is 4.30. The number of pyridine rings is 1. The molecule has 1 aliphatic carbocycles. The molecule has 2 heterocycles. The molecule has 1 amide bonds. The van der Waals surface area contributed by atoms with Crippen LogP contribution in [-0.2, 0) is 4.79 Å². The molecule has 8 heteroatoms. The summed E-state index contributed by atoms with van der Waals surface area (Å²) in [5, 5.41) is 22.2. The zero-order valence-electron chi connectivity index (χ0n) is 19.0. The first-order chi connectivity index (χ1) is 16.0. The van der Waals surface area contributed by atoms with E-state index in [1.807, 2.05) is 28.8 Å². The number of carbonyl (C=O) groups excluding carboxylic acids is 1. The van der Waals surface area contributed by atoms with E-state index in [-0.39, 0.29) is 11.7 Å². The predicted molar refractivity (Wildman–Crippen MR) is 129 cm³/mol. The molecule has 1 N–H and O–H groups in total. The topological polar surface area (TPSA) is 96.5 Å². The Hall–Kier alpha value is -3.18. The van der Waals surface area contributed by atoms with Crippen molar-refractivity contribution in [2.75, 3.05) is 5.75 Å². The molecular weight excluding hydrogens is 432 g/mol. The Morgan fingerprint density at radius 3 is 2.67 bits per heavy atom. The monoisotopic (exact) mass is 460 g/mol. The van der Waals surface area contributed by atoms with Gasteiger partial charge in [0, 0.05) is 18.0 Å². The van der Waals surface area contributed by atoms with Crippen LogP contribution in [-0.4, -0.2) is 36.9 Å². The average Bonchev–Trinajstić information content (AvgIpc) is 3.27. The Balaban J connectivity index is 1.63. The number of nitrogens with zero attached hydrogens (tertiary/aromatic N) is 5. The fourth-order valence-corrected chi connectivity index (χ4v) is 5.04. The lowest BCUT2D eigenvalue weighted by atomic mass is 9.83. The van der Waals surface area contributed by atoms with Crippen molar-refractivity contribution in [3.8, 4) is 23.1 Å². The van der Waals surface area contributed by atoms with Crippen molar-refractivity contribution in [2.45, 2.75) is 62.6 Å². The summed E-state index contributed by atoms with van der Waals surface area (Å²) in [4.78, 5) is 17.0. The highest BCUT2D eigenvalue weighted by Gasteiger charge is 2.33. The average molecular weight is 461 g/mol. The SMILES string of the molecule is CC(C)c1ccccc1-n1c(SCC(=O)NC2(C#N)CCCCC2)nnc1-c1cccnc1. The molecule has 2 aromatic heterocycles. The van der Waals surface area contributed by atoms with Crippen LogP contribution in [0.4, 0.5) is 0 Å². The summed E-state index contributed by atoms with van der Waals surface area (Å²) in [5.74, 6) is 0.990. The number of rotatable bonds is 7. The Morgan fingerprint density at radius 1 is 1.18 bits per heavy atom. The number of aromatic nitrogens is 4. The zero-order valence-corrected chi connectivity index (χ0v) is 19.8. The molecule has 0 unspecified atom stereocenters. The van der Waals surface area contributed by atoms with Gasteiger partial charge in [-0.25, -0.2) is 0 Å². The van der Waals surface area contributed by atoms with Crippen LogP contribution in [0.25, 0.3) is 17.1 Å². The van der Waals surface area contributed by atoms with E-state index in [1.54, 1.807) is 12.4 Å².